The molecule has 0 aliphatic rings. The van der Waals surface area contributed by atoms with Crippen LogP contribution in [0.1, 0.15) is 26.2 Å². The number of hydrogen-bond donors (Lipinski definition) is 1. The first-order chi connectivity index (χ1) is 4.31. The predicted molar refractivity (Wildman–Crippen MR) is 36.2 cm³/mol. The molecule has 0 spiro atoms. The summed E-state index contributed by atoms with van der Waals surface area (Å²) in [7, 11) is 0. The van der Waals surface area contributed by atoms with Gasteiger partial charge in [0.15, 0.2) is 0 Å². The molecule has 1 unspecified atom stereocenters. The average Bonchev–Trinajstić information content (AvgIpc) is 1.89. The van der Waals surface area contributed by atoms with E-state index >= 15 is 0 Å². The van der Waals surface area contributed by atoms with Gasteiger partial charge in [0.05, 0.1) is 0 Å². The number of rotatable bonds is 5. The Morgan fingerprint density at radius 3 is 2.78 bits per heavy atom. The van der Waals surface area contributed by atoms with Gasteiger partial charge in [0.2, 0.25) is 0 Å². The lowest BCUT2D eigenvalue weighted by atomic mass is 10.1. The van der Waals surface area contributed by atoms with E-state index in [2.05, 4.69) is 0 Å². The fourth-order valence-corrected chi connectivity index (χ4v) is 0.641. The molecule has 0 saturated heterocycles. The molecule has 0 aliphatic carbocycles. The van der Waals surface area contributed by atoms with E-state index in [9.17, 15) is 4.79 Å². The van der Waals surface area contributed by atoms with Gasteiger partial charge in [0.25, 0.3) is 0 Å². The molecule has 0 amide bonds. The Balaban J connectivity index is 2.96. The molecule has 54 valence electrons. The van der Waals surface area contributed by atoms with Crippen molar-refractivity contribution in [1.29, 1.82) is 0 Å². The lowest BCUT2D eigenvalue weighted by Gasteiger charge is -2.03. The van der Waals surface area contributed by atoms with E-state index in [1.54, 1.807) is 0 Å². The van der Waals surface area contributed by atoms with Crippen LogP contribution in [0.2, 0.25) is 0 Å². The van der Waals surface area contributed by atoms with Crippen LogP contribution in [-0.4, -0.2) is 18.0 Å². The third-order valence-corrected chi connectivity index (χ3v) is 1.33. The SMILES string of the molecule is CC(CO)CCCC=O. The van der Waals surface area contributed by atoms with Crippen molar-refractivity contribution in [2.75, 3.05) is 6.61 Å². The van der Waals surface area contributed by atoms with Crippen molar-refractivity contribution < 1.29 is 9.90 Å². The molecule has 0 heterocycles. The van der Waals surface area contributed by atoms with Gasteiger partial charge in [-0.3, -0.25) is 0 Å². The van der Waals surface area contributed by atoms with Crippen molar-refractivity contribution >= 4 is 6.29 Å². The highest BCUT2D eigenvalue weighted by molar-refractivity contribution is 5.48. The summed E-state index contributed by atoms with van der Waals surface area (Å²) in [5.74, 6) is 0.352. The summed E-state index contributed by atoms with van der Waals surface area (Å²) in [6.07, 6.45) is 3.41. The molecule has 0 bridgehead atoms. The Hall–Kier alpha value is -0.370. The molecule has 0 fully saturated rings. The monoisotopic (exact) mass is 130 g/mol. The zero-order valence-corrected chi connectivity index (χ0v) is 5.84. The van der Waals surface area contributed by atoms with Crippen LogP contribution in [0.3, 0.4) is 0 Å². The van der Waals surface area contributed by atoms with Crippen LogP contribution in [0.4, 0.5) is 0 Å². The molecule has 0 aliphatic heterocycles. The normalized spacial score (nSPS) is 13.1. The zero-order valence-electron chi connectivity index (χ0n) is 5.84. The summed E-state index contributed by atoms with van der Waals surface area (Å²) in [6, 6.07) is 0. The van der Waals surface area contributed by atoms with Gasteiger partial charge in [0, 0.05) is 13.0 Å². The molecule has 1 N–H and O–H groups in total. The Kier molecular flexibility index (Phi) is 5.52. The summed E-state index contributed by atoms with van der Waals surface area (Å²) in [4.78, 5) is 9.81. The second-order valence-corrected chi connectivity index (χ2v) is 2.39. The molecule has 0 aromatic rings. The lowest BCUT2D eigenvalue weighted by molar-refractivity contribution is -0.108. The van der Waals surface area contributed by atoms with Crippen LogP contribution >= 0.6 is 0 Å². The molecular formula is C7H14O2. The summed E-state index contributed by atoms with van der Waals surface area (Å²) in [5, 5.41) is 8.55. The van der Waals surface area contributed by atoms with Gasteiger partial charge in [-0.2, -0.15) is 0 Å². The smallest absolute Gasteiger partial charge is 0.119 e. The van der Waals surface area contributed by atoms with Gasteiger partial charge in [0.1, 0.15) is 6.29 Å². The third-order valence-electron chi connectivity index (χ3n) is 1.33. The number of carbonyl (C=O) groups is 1. The number of unbranched alkanes of at least 4 members (excludes halogenated alkanes) is 1. The highest BCUT2D eigenvalue weighted by Crippen LogP contribution is 2.04. The fraction of sp³-hybridized carbons (Fsp3) is 0.857. The maximum Gasteiger partial charge on any atom is 0.119 e. The minimum absolute atomic E-state index is 0.235. The van der Waals surface area contributed by atoms with Crippen molar-refractivity contribution in [2.45, 2.75) is 26.2 Å². The summed E-state index contributed by atoms with van der Waals surface area (Å²) in [5.41, 5.74) is 0. The van der Waals surface area contributed by atoms with Crippen molar-refractivity contribution in [2.24, 2.45) is 5.92 Å². The largest absolute Gasteiger partial charge is 0.396 e. The van der Waals surface area contributed by atoms with E-state index in [1.807, 2.05) is 6.92 Å². The molecule has 0 radical (unpaired) electrons. The zero-order chi connectivity index (χ0) is 7.11. The standard InChI is InChI=1S/C7H14O2/c1-7(6-9)4-2-3-5-8/h5,7,9H,2-4,6H2,1H3. The van der Waals surface area contributed by atoms with Crippen LogP contribution in [0.5, 0.6) is 0 Å². The Labute approximate surface area is 55.9 Å². The van der Waals surface area contributed by atoms with Crippen molar-refractivity contribution in [3.8, 4) is 0 Å². The highest BCUT2D eigenvalue weighted by atomic mass is 16.3. The van der Waals surface area contributed by atoms with Crippen LogP contribution in [0.15, 0.2) is 0 Å². The average molecular weight is 130 g/mol. The number of carbonyl (C=O) groups excluding carboxylic acids is 1. The first-order valence-electron chi connectivity index (χ1n) is 3.35. The van der Waals surface area contributed by atoms with Gasteiger partial charge < -0.3 is 9.90 Å². The first kappa shape index (κ1) is 8.63. The van der Waals surface area contributed by atoms with E-state index < -0.39 is 0 Å². The molecular weight excluding hydrogens is 116 g/mol. The minimum Gasteiger partial charge on any atom is -0.396 e. The van der Waals surface area contributed by atoms with Crippen LogP contribution in [-0.2, 0) is 4.79 Å². The number of aliphatic hydroxyl groups is 1. The topological polar surface area (TPSA) is 37.3 Å². The maximum atomic E-state index is 9.81. The molecule has 0 aromatic carbocycles. The van der Waals surface area contributed by atoms with Gasteiger partial charge in [-0.05, 0) is 18.8 Å². The summed E-state index contributed by atoms with van der Waals surface area (Å²) < 4.78 is 0. The second kappa shape index (κ2) is 5.76. The van der Waals surface area contributed by atoms with E-state index in [1.165, 1.54) is 0 Å². The van der Waals surface area contributed by atoms with Gasteiger partial charge in [-0.25, -0.2) is 0 Å². The van der Waals surface area contributed by atoms with Gasteiger partial charge in [-0.15, -0.1) is 0 Å². The van der Waals surface area contributed by atoms with Gasteiger partial charge in [-0.1, -0.05) is 6.92 Å². The van der Waals surface area contributed by atoms with Gasteiger partial charge >= 0.3 is 0 Å². The molecule has 0 rings (SSSR count). The molecule has 2 nitrogen and oxygen atoms in total. The Morgan fingerprint density at radius 2 is 2.33 bits per heavy atom. The van der Waals surface area contributed by atoms with Crippen molar-refractivity contribution in [1.82, 2.24) is 0 Å². The first-order valence-corrected chi connectivity index (χ1v) is 3.35. The highest BCUT2D eigenvalue weighted by Gasteiger charge is 1.97. The molecule has 2 heteroatoms. The Bertz CT molecular complexity index is 71.3. The minimum atomic E-state index is 0.235. The number of aliphatic hydroxyl groups excluding tert-OH is 1. The maximum absolute atomic E-state index is 9.81. The summed E-state index contributed by atoms with van der Waals surface area (Å²) >= 11 is 0. The van der Waals surface area contributed by atoms with Crippen LogP contribution < -0.4 is 0 Å². The van der Waals surface area contributed by atoms with Crippen LogP contribution in [0.25, 0.3) is 0 Å². The molecule has 0 saturated carbocycles. The number of aldehydes is 1. The summed E-state index contributed by atoms with van der Waals surface area (Å²) in [6.45, 7) is 2.21. The van der Waals surface area contributed by atoms with E-state index in [4.69, 9.17) is 5.11 Å². The number of hydrogen-bond acceptors (Lipinski definition) is 2. The fourth-order valence-electron chi connectivity index (χ4n) is 0.641. The van der Waals surface area contributed by atoms with Crippen molar-refractivity contribution in [3.05, 3.63) is 0 Å². The third kappa shape index (κ3) is 5.50. The van der Waals surface area contributed by atoms with Crippen LogP contribution in [0, 0.1) is 5.92 Å². The predicted octanol–water partition coefficient (Wildman–Crippen LogP) is 0.984. The molecule has 0 aromatic heterocycles. The Morgan fingerprint density at radius 1 is 1.67 bits per heavy atom. The van der Waals surface area contributed by atoms with Crippen molar-refractivity contribution in [3.63, 3.8) is 0 Å². The van der Waals surface area contributed by atoms with E-state index in [0.29, 0.717) is 12.3 Å². The second-order valence-electron chi connectivity index (χ2n) is 2.39. The quantitative estimate of drug-likeness (QED) is 0.445. The molecule has 9 heavy (non-hydrogen) atoms. The molecule has 1 atom stereocenters. The van der Waals surface area contributed by atoms with E-state index in [-0.39, 0.29) is 6.61 Å². The van der Waals surface area contributed by atoms with E-state index in [0.717, 1.165) is 19.1 Å². The lowest BCUT2D eigenvalue weighted by Crippen LogP contribution is -1.99.